The summed E-state index contributed by atoms with van der Waals surface area (Å²) in [6, 6.07) is 6.10. The molecule has 1 aromatic carbocycles. The van der Waals surface area contributed by atoms with E-state index >= 15 is 0 Å². The summed E-state index contributed by atoms with van der Waals surface area (Å²) in [5.41, 5.74) is 5.08. The van der Waals surface area contributed by atoms with Crippen molar-refractivity contribution in [1.29, 1.82) is 0 Å². The number of aryl methyl sites for hydroxylation is 1. The second-order valence-corrected chi connectivity index (χ2v) is 8.56. The van der Waals surface area contributed by atoms with Gasteiger partial charge in [0.25, 0.3) is 0 Å². The third kappa shape index (κ3) is 2.92. The highest BCUT2D eigenvalue weighted by Gasteiger charge is 2.31. The van der Waals surface area contributed by atoms with Gasteiger partial charge in [0.2, 0.25) is 5.91 Å². The van der Waals surface area contributed by atoms with Gasteiger partial charge in [0.15, 0.2) is 0 Å². The molecule has 2 aliphatic rings. The number of hydrogen-bond acceptors (Lipinski definition) is 3. The summed E-state index contributed by atoms with van der Waals surface area (Å²) >= 11 is 0. The minimum Gasteiger partial charge on any atom is -0.310 e. The number of amides is 1. The summed E-state index contributed by atoms with van der Waals surface area (Å²) in [7, 11) is -0.917. The smallest absolute Gasteiger partial charge is 0.228 e. The maximum absolute atomic E-state index is 12.7. The van der Waals surface area contributed by atoms with Crippen LogP contribution in [-0.4, -0.2) is 19.9 Å². The van der Waals surface area contributed by atoms with E-state index < -0.39 is 10.8 Å². The number of carbonyl (C=O) groups is 1. The molecule has 6 heteroatoms. The van der Waals surface area contributed by atoms with Crippen molar-refractivity contribution >= 4 is 22.5 Å². The van der Waals surface area contributed by atoms with Crippen molar-refractivity contribution in [1.82, 2.24) is 9.78 Å². The number of fused-ring (bicyclic) bond motifs is 1. The summed E-state index contributed by atoms with van der Waals surface area (Å²) in [6.07, 6.45) is 4.15. The molecular weight excluding hydrogens is 334 g/mol. The Bertz CT molecular complexity index is 866. The third-order valence-corrected chi connectivity index (χ3v) is 6.65. The Kier molecular flexibility index (Phi) is 4.23. The molecule has 1 atom stereocenters. The van der Waals surface area contributed by atoms with Gasteiger partial charge in [-0.1, -0.05) is 25.0 Å². The normalized spacial score (nSPS) is 20.0. The van der Waals surface area contributed by atoms with Crippen molar-refractivity contribution < 1.29 is 9.00 Å². The minimum absolute atomic E-state index is 0.0736. The molecule has 1 fully saturated rings. The van der Waals surface area contributed by atoms with Crippen molar-refractivity contribution in [3.8, 4) is 5.69 Å². The standard InChI is InChI=1S/C19H23N3O2S/c1-12-6-5-9-17(13(12)2)22-18(15-10-25(24)11-16(15)21-22)20-19(23)14-7-3-4-8-14/h5-6,9,14H,3-4,7-8,10-11H2,1-2H3,(H,20,23)/t25-/m0/s1. The van der Waals surface area contributed by atoms with Gasteiger partial charge in [0.1, 0.15) is 5.82 Å². The first kappa shape index (κ1) is 16.5. The number of benzene rings is 1. The summed E-state index contributed by atoms with van der Waals surface area (Å²) in [5.74, 6) is 1.82. The van der Waals surface area contributed by atoms with Gasteiger partial charge in [-0.3, -0.25) is 9.00 Å². The molecule has 1 aliphatic heterocycles. The highest BCUT2D eigenvalue weighted by molar-refractivity contribution is 7.83. The highest BCUT2D eigenvalue weighted by Crippen LogP contribution is 2.34. The van der Waals surface area contributed by atoms with E-state index in [0.29, 0.717) is 17.3 Å². The zero-order valence-corrected chi connectivity index (χ0v) is 15.5. The van der Waals surface area contributed by atoms with Crippen LogP contribution in [0.25, 0.3) is 5.69 Å². The molecule has 0 unspecified atom stereocenters. The number of nitrogens with one attached hydrogen (secondary N) is 1. The van der Waals surface area contributed by atoms with Crippen molar-refractivity contribution in [2.45, 2.75) is 51.0 Å². The van der Waals surface area contributed by atoms with Gasteiger partial charge in [-0.25, -0.2) is 4.68 Å². The zero-order valence-electron chi connectivity index (χ0n) is 14.7. The van der Waals surface area contributed by atoms with Crippen LogP contribution in [0.4, 0.5) is 5.82 Å². The Morgan fingerprint density at radius 2 is 2.00 bits per heavy atom. The molecule has 1 saturated carbocycles. The third-order valence-electron chi connectivity index (χ3n) is 5.44. The lowest BCUT2D eigenvalue weighted by Crippen LogP contribution is -2.23. The lowest BCUT2D eigenvalue weighted by molar-refractivity contribution is -0.119. The molecule has 2 aromatic rings. The van der Waals surface area contributed by atoms with E-state index in [-0.39, 0.29) is 11.8 Å². The van der Waals surface area contributed by atoms with Crippen LogP contribution in [0.15, 0.2) is 18.2 Å². The Morgan fingerprint density at radius 3 is 2.76 bits per heavy atom. The first-order valence-corrected chi connectivity index (χ1v) is 10.4. The first-order valence-electron chi connectivity index (χ1n) is 8.88. The van der Waals surface area contributed by atoms with E-state index in [9.17, 15) is 9.00 Å². The fourth-order valence-electron chi connectivity index (χ4n) is 3.80. The van der Waals surface area contributed by atoms with Crippen LogP contribution in [0.3, 0.4) is 0 Å². The molecule has 1 aromatic heterocycles. The number of anilines is 1. The van der Waals surface area contributed by atoms with Gasteiger partial charge in [-0.15, -0.1) is 0 Å². The Morgan fingerprint density at radius 1 is 1.24 bits per heavy atom. The number of aromatic nitrogens is 2. The molecule has 1 amide bonds. The van der Waals surface area contributed by atoms with Gasteiger partial charge < -0.3 is 5.32 Å². The van der Waals surface area contributed by atoms with Crippen LogP contribution >= 0.6 is 0 Å². The predicted molar refractivity (Wildman–Crippen MR) is 99.2 cm³/mol. The molecule has 1 aliphatic carbocycles. The second kappa shape index (κ2) is 6.41. The Hall–Kier alpha value is -1.95. The van der Waals surface area contributed by atoms with Crippen LogP contribution in [0.2, 0.25) is 0 Å². The van der Waals surface area contributed by atoms with E-state index in [1.165, 1.54) is 5.56 Å². The molecule has 0 radical (unpaired) electrons. The second-order valence-electron chi connectivity index (χ2n) is 7.10. The summed E-state index contributed by atoms with van der Waals surface area (Å²) in [6.45, 7) is 4.14. The Balaban J connectivity index is 1.77. The number of hydrogen-bond donors (Lipinski definition) is 1. The van der Waals surface area contributed by atoms with Gasteiger partial charge >= 0.3 is 0 Å². The number of nitrogens with zero attached hydrogens (tertiary/aromatic N) is 2. The van der Waals surface area contributed by atoms with E-state index in [4.69, 9.17) is 5.10 Å². The average molecular weight is 357 g/mol. The van der Waals surface area contributed by atoms with Gasteiger partial charge in [0.05, 0.1) is 22.9 Å². The molecule has 4 rings (SSSR count). The lowest BCUT2D eigenvalue weighted by atomic mass is 10.1. The maximum atomic E-state index is 12.7. The van der Waals surface area contributed by atoms with Crippen molar-refractivity contribution in [2.75, 3.05) is 5.32 Å². The number of carbonyl (C=O) groups excluding carboxylic acids is 1. The SMILES string of the molecule is Cc1cccc(-n2nc3c(c2NC(=O)C2CCCC2)C[S@](=O)C3)c1C. The first-order chi connectivity index (χ1) is 12.0. The Labute approximate surface area is 150 Å². The van der Waals surface area contributed by atoms with Crippen molar-refractivity contribution in [2.24, 2.45) is 5.92 Å². The fraction of sp³-hybridized carbons (Fsp3) is 0.474. The molecule has 0 bridgehead atoms. The summed E-state index contributed by atoms with van der Waals surface area (Å²) in [5, 5.41) is 7.83. The molecule has 132 valence electrons. The largest absolute Gasteiger partial charge is 0.310 e. The maximum Gasteiger partial charge on any atom is 0.228 e. The quantitative estimate of drug-likeness (QED) is 0.916. The molecule has 0 spiro atoms. The topological polar surface area (TPSA) is 64.0 Å². The number of rotatable bonds is 3. The molecule has 2 heterocycles. The van der Waals surface area contributed by atoms with Crippen molar-refractivity contribution in [3.05, 3.63) is 40.6 Å². The predicted octanol–water partition coefficient (Wildman–Crippen LogP) is 3.38. The van der Waals surface area contributed by atoms with Gasteiger partial charge in [0, 0.05) is 22.3 Å². The van der Waals surface area contributed by atoms with E-state index in [2.05, 4.69) is 25.2 Å². The van der Waals surface area contributed by atoms with Crippen LogP contribution in [0.1, 0.15) is 48.1 Å². The van der Waals surface area contributed by atoms with E-state index in [0.717, 1.165) is 48.2 Å². The molecule has 0 saturated heterocycles. The van der Waals surface area contributed by atoms with E-state index in [1.807, 2.05) is 16.8 Å². The minimum atomic E-state index is -0.917. The zero-order chi connectivity index (χ0) is 17.6. The molecule has 5 nitrogen and oxygen atoms in total. The van der Waals surface area contributed by atoms with Gasteiger partial charge in [-0.05, 0) is 43.9 Å². The molecule has 1 N–H and O–H groups in total. The monoisotopic (exact) mass is 357 g/mol. The van der Waals surface area contributed by atoms with Crippen LogP contribution < -0.4 is 5.32 Å². The average Bonchev–Trinajstić information content (AvgIpc) is 3.28. The van der Waals surface area contributed by atoms with Gasteiger partial charge in [-0.2, -0.15) is 5.10 Å². The van der Waals surface area contributed by atoms with Crippen molar-refractivity contribution in [3.63, 3.8) is 0 Å². The van der Waals surface area contributed by atoms with E-state index in [1.54, 1.807) is 0 Å². The van der Waals surface area contributed by atoms with Crippen LogP contribution in [0.5, 0.6) is 0 Å². The molecule has 25 heavy (non-hydrogen) atoms. The molecular formula is C19H23N3O2S. The highest BCUT2D eigenvalue weighted by atomic mass is 32.2. The fourth-order valence-corrected chi connectivity index (χ4v) is 5.07. The summed E-state index contributed by atoms with van der Waals surface area (Å²) in [4.78, 5) is 12.7. The lowest BCUT2D eigenvalue weighted by Gasteiger charge is -2.16. The van der Waals surface area contributed by atoms with Crippen LogP contribution in [0, 0.1) is 19.8 Å². The summed E-state index contributed by atoms with van der Waals surface area (Å²) < 4.78 is 13.8. The van der Waals surface area contributed by atoms with Crippen LogP contribution in [-0.2, 0) is 27.1 Å².